The van der Waals surface area contributed by atoms with Crippen molar-refractivity contribution in [3.05, 3.63) is 97.3 Å². The van der Waals surface area contributed by atoms with E-state index in [0.717, 1.165) is 44.7 Å². The minimum Gasteiger partial charge on any atom is -0.293 e. The quantitative estimate of drug-likeness (QED) is 0.424. The normalized spacial score (nSPS) is 12.0. The lowest BCUT2D eigenvalue weighted by molar-refractivity contribution is 0.989. The summed E-state index contributed by atoms with van der Waals surface area (Å²) >= 11 is 0. The van der Waals surface area contributed by atoms with E-state index in [4.69, 9.17) is 0 Å². The highest BCUT2D eigenvalue weighted by Gasteiger charge is 2.14. The summed E-state index contributed by atoms with van der Waals surface area (Å²) in [7, 11) is 0. The van der Waals surface area contributed by atoms with E-state index in [2.05, 4.69) is 80.0 Å². The smallest absolute Gasteiger partial charge is 0.141 e. The van der Waals surface area contributed by atoms with Crippen molar-refractivity contribution in [2.45, 2.75) is 0 Å². The standard InChI is InChI=1S/C24H16N6/c1-3-7-21-19(5-1)27(23-13-15-25-29(21)23)17-9-11-18(12-10-17)28-20-6-2-4-8-22(20)30-24(28)14-16-26-30/h1-16H. The monoisotopic (exact) mass is 388 g/mol. The van der Waals surface area contributed by atoms with Crippen molar-refractivity contribution in [3.8, 4) is 11.4 Å². The van der Waals surface area contributed by atoms with Crippen LogP contribution in [0.5, 0.6) is 0 Å². The van der Waals surface area contributed by atoms with Crippen molar-refractivity contribution < 1.29 is 0 Å². The van der Waals surface area contributed by atoms with Gasteiger partial charge in [-0.25, -0.2) is 9.03 Å². The number of hydrogen-bond acceptors (Lipinski definition) is 2. The first kappa shape index (κ1) is 15.6. The average molecular weight is 388 g/mol. The maximum absolute atomic E-state index is 4.50. The molecule has 0 aliphatic rings. The number of nitrogens with zero attached hydrogens (tertiary/aromatic N) is 6. The molecule has 0 spiro atoms. The van der Waals surface area contributed by atoms with E-state index in [-0.39, 0.29) is 0 Å². The van der Waals surface area contributed by atoms with Crippen LogP contribution in [0.2, 0.25) is 0 Å². The summed E-state index contributed by atoms with van der Waals surface area (Å²) in [5, 5.41) is 8.99. The van der Waals surface area contributed by atoms with Gasteiger partial charge in [-0.15, -0.1) is 0 Å². The zero-order valence-corrected chi connectivity index (χ0v) is 15.9. The van der Waals surface area contributed by atoms with Crippen molar-refractivity contribution in [1.29, 1.82) is 0 Å². The Hall–Kier alpha value is -4.32. The molecular weight excluding hydrogens is 372 g/mol. The molecule has 4 heterocycles. The van der Waals surface area contributed by atoms with Crippen LogP contribution in [0.1, 0.15) is 0 Å². The van der Waals surface area contributed by atoms with E-state index in [1.54, 1.807) is 0 Å². The Balaban J connectivity index is 1.46. The second-order valence-electron chi connectivity index (χ2n) is 7.37. The summed E-state index contributed by atoms with van der Waals surface area (Å²) < 4.78 is 8.46. The molecule has 7 aromatic rings. The van der Waals surface area contributed by atoms with Gasteiger partial charge >= 0.3 is 0 Å². The molecule has 7 rings (SSSR count). The number of rotatable bonds is 2. The second kappa shape index (κ2) is 5.61. The number of imidazole rings is 2. The molecule has 0 radical (unpaired) electrons. The van der Waals surface area contributed by atoms with E-state index < -0.39 is 0 Å². The highest BCUT2D eigenvalue weighted by molar-refractivity contribution is 5.85. The van der Waals surface area contributed by atoms with Gasteiger partial charge in [-0.05, 0) is 48.5 Å². The zero-order valence-electron chi connectivity index (χ0n) is 15.9. The van der Waals surface area contributed by atoms with E-state index in [1.165, 1.54) is 0 Å². The van der Waals surface area contributed by atoms with Gasteiger partial charge in [-0.2, -0.15) is 10.2 Å². The Kier molecular flexibility index (Phi) is 2.91. The molecule has 0 saturated heterocycles. The SMILES string of the molecule is c1ccc2c(c1)n(-c1ccc(-n3c4ccccc4n4nccc34)cc1)c1ccnn21. The fourth-order valence-electron chi connectivity index (χ4n) is 4.51. The number of para-hydroxylation sites is 4. The fourth-order valence-corrected chi connectivity index (χ4v) is 4.51. The molecule has 30 heavy (non-hydrogen) atoms. The lowest BCUT2D eigenvalue weighted by Crippen LogP contribution is -1.97. The van der Waals surface area contributed by atoms with Crippen LogP contribution in [-0.2, 0) is 0 Å². The molecule has 0 unspecified atom stereocenters. The van der Waals surface area contributed by atoms with Gasteiger partial charge in [0.05, 0.1) is 34.5 Å². The largest absolute Gasteiger partial charge is 0.293 e. The maximum Gasteiger partial charge on any atom is 0.141 e. The molecule has 6 heteroatoms. The highest BCUT2D eigenvalue weighted by atomic mass is 15.3. The third-order valence-corrected chi connectivity index (χ3v) is 5.77. The Morgan fingerprint density at radius 1 is 0.433 bits per heavy atom. The molecule has 0 atom stereocenters. The van der Waals surface area contributed by atoms with Crippen LogP contribution in [0.3, 0.4) is 0 Å². The summed E-state index contributed by atoms with van der Waals surface area (Å²) in [5.74, 6) is 0. The number of benzene rings is 3. The van der Waals surface area contributed by atoms with E-state index in [1.807, 2.05) is 45.7 Å². The molecule has 0 saturated carbocycles. The van der Waals surface area contributed by atoms with Crippen LogP contribution < -0.4 is 0 Å². The molecular formula is C24H16N6. The van der Waals surface area contributed by atoms with Gasteiger partial charge in [0.1, 0.15) is 11.3 Å². The van der Waals surface area contributed by atoms with E-state index in [9.17, 15) is 0 Å². The van der Waals surface area contributed by atoms with Crippen molar-refractivity contribution in [2.24, 2.45) is 0 Å². The minimum absolute atomic E-state index is 1.05. The number of fused-ring (bicyclic) bond motifs is 6. The number of hydrogen-bond donors (Lipinski definition) is 0. The molecule has 0 N–H and O–H groups in total. The molecule has 6 nitrogen and oxygen atoms in total. The van der Waals surface area contributed by atoms with Crippen LogP contribution in [0.4, 0.5) is 0 Å². The predicted octanol–water partition coefficient (Wildman–Crippen LogP) is 4.87. The van der Waals surface area contributed by atoms with Crippen LogP contribution in [0, 0.1) is 0 Å². The summed E-state index contributed by atoms with van der Waals surface area (Å²) in [4.78, 5) is 0. The number of aromatic nitrogens is 6. The van der Waals surface area contributed by atoms with Gasteiger partial charge < -0.3 is 0 Å². The van der Waals surface area contributed by atoms with Crippen LogP contribution in [0.25, 0.3) is 44.7 Å². The van der Waals surface area contributed by atoms with Crippen molar-refractivity contribution in [1.82, 2.24) is 28.4 Å². The Morgan fingerprint density at radius 3 is 1.27 bits per heavy atom. The minimum atomic E-state index is 1.05. The first-order chi connectivity index (χ1) is 14.9. The van der Waals surface area contributed by atoms with Crippen LogP contribution in [-0.4, -0.2) is 28.4 Å². The molecule has 3 aromatic carbocycles. The van der Waals surface area contributed by atoms with Crippen LogP contribution in [0.15, 0.2) is 97.3 Å². The van der Waals surface area contributed by atoms with Gasteiger partial charge in [-0.1, -0.05) is 24.3 Å². The van der Waals surface area contributed by atoms with Gasteiger partial charge in [0, 0.05) is 23.5 Å². The Bertz CT molecular complexity index is 1560. The van der Waals surface area contributed by atoms with E-state index >= 15 is 0 Å². The second-order valence-corrected chi connectivity index (χ2v) is 7.37. The predicted molar refractivity (Wildman–Crippen MR) is 118 cm³/mol. The molecule has 0 fully saturated rings. The lowest BCUT2D eigenvalue weighted by atomic mass is 10.2. The molecule has 0 bridgehead atoms. The molecule has 0 aliphatic heterocycles. The molecule has 0 amide bonds. The highest BCUT2D eigenvalue weighted by Crippen LogP contribution is 2.28. The van der Waals surface area contributed by atoms with Gasteiger partial charge in [0.25, 0.3) is 0 Å². The first-order valence-corrected chi connectivity index (χ1v) is 9.87. The maximum atomic E-state index is 4.50. The van der Waals surface area contributed by atoms with Crippen molar-refractivity contribution >= 4 is 33.4 Å². The molecule has 0 aliphatic carbocycles. The summed E-state index contributed by atoms with van der Waals surface area (Å²) in [6.45, 7) is 0. The molecule has 142 valence electrons. The van der Waals surface area contributed by atoms with Gasteiger partial charge in [0.2, 0.25) is 0 Å². The Morgan fingerprint density at radius 2 is 0.833 bits per heavy atom. The van der Waals surface area contributed by atoms with Crippen molar-refractivity contribution in [2.75, 3.05) is 0 Å². The van der Waals surface area contributed by atoms with Crippen LogP contribution >= 0.6 is 0 Å². The van der Waals surface area contributed by atoms with Gasteiger partial charge in [0.15, 0.2) is 0 Å². The third kappa shape index (κ3) is 1.92. The van der Waals surface area contributed by atoms with Gasteiger partial charge in [-0.3, -0.25) is 9.13 Å². The summed E-state index contributed by atoms with van der Waals surface area (Å²) in [6.07, 6.45) is 3.68. The summed E-state index contributed by atoms with van der Waals surface area (Å²) in [5.41, 5.74) is 8.77. The van der Waals surface area contributed by atoms with E-state index in [0.29, 0.717) is 0 Å². The van der Waals surface area contributed by atoms with Crippen molar-refractivity contribution in [3.63, 3.8) is 0 Å². The topological polar surface area (TPSA) is 44.5 Å². The lowest BCUT2D eigenvalue weighted by Gasteiger charge is -2.09. The first-order valence-electron chi connectivity index (χ1n) is 9.87. The third-order valence-electron chi connectivity index (χ3n) is 5.77. The molecule has 4 aromatic heterocycles. The Labute approximate surface area is 170 Å². The summed E-state index contributed by atoms with van der Waals surface area (Å²) in [6, 6.07) is 29.4. The average Bonchev–Trinajstić information content (AvgIpc) is 3.55. The zero-order chi connectivity index (χ0) is 19.7. The fraction of sp³-hybridized carbons (Fsp3) is 0.